The first-order valence-electron chi connectivity index (χ1n) is 9.49. The van der Waals surface area contributed by atoms with Crippen LogP contribution in [0.5, 0.6) is 0 Å². The average Bonchev–Trinajstić information content (AvgIpc) is 3.18. The van der Waals surface area contributed by atoms with Crippen molar-refractivity contribution in [2.45, 2.75) is 50.9 Å². The van der Waals surface area contributed by atoms with Gasteiger partial charge in [-0.05, 0) is 50.0 Å². The predicted molar refractivity (Wildman–Crippen MR) is 97.7 cm³/mol. The quantitative estimate of drug-likeness (QED) is 0.785. The number of carbonyl (C=O) groups is 1. The highest BCUT2D eigenvalue weighted by Crippen LogP contribution is 2.31. The zero-order valence-corrected chi connectivity index (χ0v) is 15.7. The molecule has 1 atom stereocenters. The normalized spacial score (nSPS) is 16.7. The number of piperidine rings is 1. The van der Waals surface area contributed by atoms with Crippen LogP contribution in [-0.2, 0) is 6.18 Å². The van der Waals surface area contributed by atoms with Crippen LogP contribution in [-0.4, -0.2) is 34.0 Å². The number of nitrogens with zero attached hydrogens (tertiary/aromatic N) is 3. The van der Waals surface area contributed by atoms with Crippen molar-refractivity contribution in [1.82, 2.24) is 25.6 Å². The molecular weight excluding hydrogens is 371 g/mol. The van der Waals surface area contributed by atoms with Crippen LogP contribution in [0.25, 0.3) is 0 Å². The Hall–Kier alpha value is -2.42. The molecule has 2 heterocycles. The molecule has 0 saturated carbocycles. The molecule has 1 unspecified atom stereocenters. The van der Waals surface area contributed by atoms with Gasteiger partial charge in [0.05, 0.1) is 23.8 Å². The standard InChI is InChI=1S/C19H24F3N5O/c1-2-4-16(13-5-3-6-14(11-13)19(20,21)22)24-18(28)17-12-27(26-25-17)15-7-9-23-10-8-15/h3,5-6,11-12,15-16,23H,2,4,7-10H2,1H3,(H,24,28). The lowest BCUT2D eigenvalue weighted by Gasteiger charge is -2.22. The number of carbonyl (C=O) groups excluding carboxylic acids is 1. The van der Waals surface area contributed by atoms with Crippen molar-refractivity contribution >= 4 is 5.91 Å². The van der Waals surface area contributed by atoms with Gasteiger partial charge in [0.15, 0.2) is 5.69 Å². The molecule has 0 radical (unpaired) electrons. The second-order valence-electron chi connectivity index (χ2n) is 7.00. The molecule has 1 saturated heterocycles. The van der Waals surface area contributed by atoms with Gasteiger partial charge < -0.3 is 10.6 Å². The van der Waals surface area contributed by atoms with E-state index in [0.29, 0.717) is 18.4 Å². The van der Waals surface area contributed by atoms with Crippen molar-refractivity contribution < 1.29 is 18.0 Å². The summed E-state index contributed by atoms with van der Waals surface area (Å²) >= 11 is 0. The number of alkyl halides is 3. The van der Waals surface area contributed by atoms with Crippen LogP contribution >= 0.6 is 0 Å². The Balaban J connectivity index is 1.74. The molecule has 1 aromatic heterocycles. The first-order chi connectivity index (χ1) is 13.4. The molecule has 0 aliphatic carbocycles. The van der Waals surface area contributed by atoms with Crippen LogP contribution < -0.4 is 10.6 Å². The molecule has 1 aliphatic rings. The maximum atomic E-state index is 13.0. The van der Waals surface area contributed by atoms with Crippen LogP contribution in [0.15, 0.2) is 30.5 Å². The van der Waals surface area contributed by atoms with Crippen LogP contribution in [0.3, 0.4) is 0 Å². The summed E-state index contributed by atoms with van der Waals surface area (Å²) in [7, 11) is 0. The number of hydrogen-bond donors (Lipinski definition) is 2. The molecule has 6 nitrogen and oxygen atoms in total. The van der Waals surface area contributed by atoms with Crippen molar-refractivity contribution in [2.24, 2.45) is 0 Å². The SMILES string of the molecule is CCCC(NC(=O)c1cn(C2CCNCC2)nn1)c1cccc(C(F)(F)F)c1. The van der Waals surface area contributed by atoms with Gasteiger partial charge in [-0.1, -0.05) is 30.7 Å². The maximum Gasteiger partial charge on any atom is 0.416 e. The summed E-state index contributed by atoms with van der Waals surface area (Å²) in [5, 5.41) is 14.1. The molecule has 3 rings (SSSR count). The van der Waals surface area contributed by atoms with E-state index in [0.717, 1.165) is 38.1 Å². The summed E-state index contributed by atoms with van der Waals surface area (Å²) in [6, 6.07) is 4.75. The van der Waals surface area contributed by atoms with Gasteiger partial charge in [0.2, 0.25) is 0 Å². The highest BCUT2D eigenvalue weighted by atomic mass is 19.4. The van der Waals surface area contributed by atoms with Crippen molar-refractivity contribution in [3.8, 4) is 0 Å². The minimum Gasteiger partial charge on any atom is -0.344 e. The van der Waals surface area contributed by atoms with Gasteiger partial charge in [0.25, 0.3) is 5.91 Å². The Kier molecular flexibility index (Phi) is 6.33. The monoisotopic (exact) mass is 395 g/mol. The Bertz CT molecular complexity index is 799. The number of hydrogen-bond acceptors (Lipinski definition) is 4. The third-order valence-corrected chi connectivity index (χ3v) is 4.92. The number of halogens is 3. The second-order valence-corrected chi connectivity index (χ2v) is 7.00. The van der Waals surface area contributed by atoms with Crippen LogP contribution in [0, 0.1) is 0 Å². The number of aromatic nitrogens is 3. The molecule has 152 valence electrons. The zero-order chi connectivity index (χ0) is 20.1. The van der Waals surface area contributed by atoms with Crippen LogP contribution in [0.4, 0.5) is 13.2 Å². The smallest absolute Gasteiger partial charge is 0.344 e. The fraction of sp³-hybridized carbons (Fsp3) is 0.526. The minimum absolute atomic E-state index is 0.173. The van der Waals surface area contributed by atoms with E-state index in [9.17, 15) is 18.0 Å². The molecule has 28 heavy (non-hydrogen) atoms. The lowest BCUT2D eigenvalue weighted by molar-refractivity contribution is -0.137. The Morgan fingerprint density at radius 2 is 2.11 bits per heavy atom. The highest BCUT2D eigenvalue weighted by Gasteiger charge is 2.31. The summed E-state index contributed by atoms with van der Waals surface area (Å²) in [5.41, 5.74) is -0.125. The topological polar surface area (TPSA) is 71.8 Å². The lowest BCUT2D eigenvalue weighted by Crippen LogP contribution is -2.30. The summed E-state index contributed by atoms with van der Waals surface area (Å²) in [4.78, 5) is 12.6. The van der Waals surface area contributed by atoms with Gasteiger partial charge in [-0.15, -0.1) is 5.10 Å². The maximum absolute atomic E-state index is 13.0. The number of rotatable bonds is 6. The predicted octanol–water partition coefficient (Wildman–Crippen LogP) is 3.49. The molecule has 1 aromatic carbocycles. The molecule has 2 aromatic rings. The van der Waals surface area contributed by atoms with E-state index >= 15 is 0 Å². The number of nitrogens with one attached hydrogen (secondary N) is 2. The largest absolute Gasteiger partial charge is 0.416 e. The van der Waals surface area contributed by atoms with Crippen LogP contribution in [0.2, 0.25) is 0 Å². The molecule has 1 fully saturated rings. The van der Waals surface area contributed by atoms with Gasteiger partial charge in [0.1, 0.15) is 0 Å². The molecule has 0 spiro atoms. The van der Waals surface area contributed by atoms with Gasteiger partial charge in [-0.2, -0.15) is 13.2 Å². The zero-order valence-electron chi connectivity index (χ0n) is 15.7. The van der Waals surface area contributed by atoms with Crippen molar-refractivity contribution in [3.63, 3.8) is 0 Å². The summed E-state index contributed by atoms with van der Waals surface area (Å²) < 4.78 is 40.7. The minimum atomic E-state index is -4.42. The van der Waals surface area contributed by atoms with E-state index in [-0.39, 0.29) is 11.7 Å². The Morgan fingerprint density at radius 3 is 2.79 bits per heavy atom. The fourth-order valence-electron chi connectivity index (χ4n) is 3.41. The highest BCUT2D eigenvalue weighted by molar-refractivity contribution is 5.92. The first kappa shape index (κ1) is 20.3. The number of amides is 1. The Labute approximate surface area is 161 Å². The third kappa shape index (κ3) is 4.89. The molecule has 0 bridgehead atoms. The number of benzene rings is 1. The van der Waals surface area contributed by atoms with Crippen molar-refractivity contribution in [3.05, 3.63) is 47.3 Å². The third-order valence-electron chi connectivity index (χ3n) is 4.92. The Morgan fingerprint density at radius 1 is 1.36 bits per heavy atom. The fourth-order valence-corrected chi connectivity index (χ4v) is 3.41. The van der Waals surface area contributed by atoms with E-state index in [1.54, 1.807) is 16.9 Å². The molecule has 9 heteroatoms. The van der Waals surface area contributed by atoms with Gasteiger partial charge in [0, 0.05) is 0 Å². The van der Waals surface area contributed by atoms with E-state index in [1.807, 2.05) is 6.92 Å². The summed E-state index contributed by atoms with van der Waals surface area (Å²) in [6.45, 7) is 3.69. The molecule has 2 N–H and O–H groups in total. The van der Waals surface area contributed by atoms with Crippen molar-refractivity contribution in [1.29, 1.82) is 0 Å². The van der Waals surface area contributed by atoms with Gasteiger partial charge in [-0.3, -0.25) is 4.79 Å². The second kappa shape index (κ2) is 8.72. The van der Waals surface area contributed by atoms with E-state index in [2.05, 4.69) is 20.9 Å². The summed E-state index contributed by atoms with van der Waals surface area (Å²) in [5.74, 6) is -0.434. The van der Waals surface area contributed by atoms with E-state index in [1.165, 1.54) is 6.07 Å². The van der Waals surface area contributed by atoms with Crippen molar-refractivity contribution in [2.75, 3.05) is 13.1 Å². The van der Waals surface area contributed by atoms with Gasteiger partial charge >= 0.3 is 6.18 Å². The van der Waals surface area contributed by atoms with E-state index < -0.39 is 23.7 Å². The first-order valence-corrected chi connectivity index (χ1v) is 9.49. The van der Waals surface area contributed by atoms with Crippen LogP contribution in [0.1, 0.15) is 66.3 Å². The average molecular weight is 395 g/mol. The molecule has 1 amide bonds. The molecular formula is C19H24F3N5O. The van der Waals surface area contributed by atoms with Gasteiger partial charge in [-0.25, -0.2) is 4.68 Å². The lowest BCUT2D eigenvalue weighted by atomic mass is 9.99. The van der Waals surface area contributed by atoms with E-state index in [4.69, 9.17) is 0 Å². The molecule has 1 aliphatic heterocycles. The summed E-state index contributed by atoms with van der Waals surface area (Å²) in [6.07, 6.45) is 0.244.